The number of aromatic nitrogens is 1. The van der Waals surface area contributed by atoms with Crippen LogP contribution in [0.1, 0.15) is 37.1 Å². The highest BCUT2D eigenvalue weighted by atomic mass is 16.5. The molecule has 0 spiro atoms. The molecule has 1 aromatic carbocycles. The number of carbonyl (C=O) groups excluding carboxylic acids is 2. The molecular weight excluding hydrogens is 304 g/mol. The summed E-state index contributed by atoms with van der Waals surface area (Å²) in [6.07, 6.45) is 1.78. The number of hydrogen-bond acceptors (Lipinski definition) is 3. The number of fused-ring (bicyclic) bond motifs is 6. The van der Waals surface area contributed by atoms with Crippen LogP contribution in [0.4, 0.5) is 0 Å². The largest absolute Gasteiger partial charge is 0.462 e. The van der Waals surface area contributed by atoms with Crippen molar-refractivity contribution in [1.29, 1.82) is 0 Å². The summed E-state index contributed by atoms with van der Waals surface area (Å²) in [6, 6.07) is 8.39. The highest BCUT2D eigenvalue weighted by Crippen LogP contribution is 2.46. The molecule has 3 aliphatic heterocycles. The maximum Gasteiger partial charge on any atom is 0.306 e. The first-order valence-corrected chi connectivity index (χ1v) is 8.73. The fourth-order valence-corrected chi connectivity index (χ4v) is 4.99. The van der Waals surface area contributed by atoms with Gasteiger partial charge in [-0.05, 0) is 37.3 Å². The Hall–Kier alpha value is -2.30. The van der Waals surface area contributed by atoms with Crippen LogP contribution in [0, 0.1) is 11.8 Å². The van der Waals surface area contributed by atoms with Crippen LogP contribution in [0.3, 0.4) is 0 Å². The third kappa shape index (κ3) is 1.81. The Bertz CT molecular complexity index is 855. The third-order valence-electron chi connectivity index (χ3n) is 6.01. The van der Waals surface area contributed by atoms with E-state index in [-0.39, 0.29) is 35.9 Å². The number of rotatable bonds is 0. The lowest BCUT2D eigenvalue weighted by Gasteiger charge is -2.48. The number of ether oxygens (including phenoxy) is 1. The van der Waals surface area contributed by atoms with E-state index in [0.717, 1.165) is 24.9 Å². The lowest BCUT2D eigenvalue weighted by atomic mass is 9.73. The number of aromatic amines is 1. The van der Waals surface area contributed by atoms with E-state index in [9.17, 15) is 9.59 Å². The monoisotopic (exact) mass is 324 g/mol. The molecule has 0 saturated carbocycles. The van der Waals surface area contributed by atoms with Gasteiger partial charge in [0.25, 0.3) is 0 Å². The summed E-state index contributed by atoms with van der Waals surface area (Å²) >= 11 is 0. The van der Waals surface area contributed by atoms with E-state index in [2.05, 4.69) is 23.2 Å². The molecule has 5 rings (SSSR count). The van der Waals surface area contributed by atoms with E-state index in [0.29, 0.717) is 6.42 Å². The fraction of sp³-hybridized carbons (Fsp3) is 0.474. The van der Waals surface area contributed by atoms with Crippen molar-refractivity contribution in [1.82, 2.24) is 9.88 Å². The van der Waals surface area contributed by atoms with Crippen LogP contribution in [0.25, 0.3) is 10.9 Å². The molecule has 0 radical (unpaired) electrons. The first-order valence-electron chi connectivity index (χ1n) is 8.73. The topological polar surface area (TPSA) is 62.4 Å². The van der Waals surface area contributed by atoms with Crippen LogP contribution in [0.5, 0.6) is 0 Å². The Kier molecular flexibility index (Phi) is 2.84. The first kappa shape index (κ1) is 14.1. The Labute approximate surface area is 140 Å². The molecule has 2 fully saturated rings. The Morgan fingerprint density at radius 2 is 2.08 bits per heavy atom. The summed E-state index contributed by atoms with van der Waals surface area (Å²) in [6.45, 7) is 2.60. The van der Waals surface area contributed by atoms with Crippen LogP contribution in [-0.4, -0.2) is 34.4 Å². The second-order valence-electron chi connectivity index (χ2n) is 7.28. The second kappa shape index (κ2) is 4.85. The Balaban J connectivity index is 1.59. The van der Waals surface area contributed by atoms with Crippen molar-refractivity contribution in [2.75, 3.05) is 6.54 Å². The highest BCUT2D eigenvalue weighted by Gasteiger charge is 2.50. The molecule has 1 aromatic heterocycles. The minimum Gasteiger partial charge on any atom is -0.462 e. The van der Waals surface area contributed by atoms with Crippen molar-refractivity contribution >= 4 is 22.8 Å². The predicted molar refractivity (Wildman–Crippen MR) is 88.2 cm³/mol. The average Bonchev–Trinajstić information content (AvgIpc) is 2.93. The maximum absolute atomic E-state index is 13.1. The van der Waals surface area contributed by atoms with Crippen molar-refractivity contribution in [3.63, 3.8) is 0 Å². The molecule has 5 nitrogen and oxygen atoms in total. The van der Waals surface area contributed by atoms with Gasteiger partial charge >= 0.3 is 5.97 Å². The number of H-pyrrole nitrogens is 1. The normalized spacial score (nSPS) is 32.1. The quantitative estimate of drug-likeness (QED) is 0.758. The van der Waals surface area contributed by atoms with Gasteiger partial charge in [-0.1, -0.05) is 18.2 Å². The molecule has 5 heteroatoms. The summed E-state index contributed by atoms with van der Waals surface area (Å²) < 4.78 is 5.33. The minimum atomic E-state index is -0.311. The van der Waals surface area contributed by atoms with Crippen molar-refractivity contribution in [3.8, 4) is 0 Å². The molecule has 124 valence electrons. The number of nitrogens with zero attached hydrogens (tertiary/aromatic N) is 1. The van der Waals surface area contributed by atoms with Gasteiger partial charge in [-0.2, -0.15) is 0 Å². The van der Waals surface area contributed by atoms with E-state index in [4.69, 9.17) is 4.74 Å². The van der Waals surface area contributed by atoms with Crippen LogP contribution < -0.4 is 0 Å². The lowest BCUT2D eigenvalue weighted by Crippen LogP contribution is -2.55. The molecule has 0 aliphatic carbocycles. The van der Waals surface area contributed by atoms with Gasteiger partial charge in [0.15, 0.2) is 0 Å². The number of amides is 1. The zero-order valence-corrected chi connectivity index (χ0v) is 13.6. The van der Waals surface area contributed by atoms with E-state index in [1.54, 1.807) is 0 Å². The van der Waals surface area contributed by atoms with Crippen molar-refractivity contribution in [3.05, 3.63) is 35.5 Å². The van der Waals surface area contributed by atoms with E-state index >= 15 is 0 Å². The van der Waals surface area contributed by atoms with Crippen LogP contribution in [-0.2, 0) is 20.7 Å². The van der Waals surface area contributed by atoms with Gasteiger partial charge in [0, 0.05) is 29.6 Å². The Morgan fingerprint density at radius 3 is 2.96 bits per heavy atom. The molecular formula is C19H20N2O3. The molecule has 24 heavy (non-hydrogen) atoms. The smallest absolute Gasteiger partial charge is 0.306 e. The molecule has 1 amide bonds. The van der Waals surface area contributed by atoms with Crippen molar-refractivity contribution in [2.45, 2.75) is 38.3 Å². The Morgan fingerprint density at radius 1 is 1.25 bits per heavy atom. The number of piperidine rings is 1. The first-order chi connectivity index (χ1) is 11.6. The highest BCUT2D eigenvalue weighted by molar-refractivity contribution is 5.88. The van der Waals surface area contributed by atoms with Crippen molar-refractivity contribution in [2.24, 2.45) is 11.8 Å². The minimum absolute atomic E-state index is 0.0630. The summed E-state index contributed by atoms with van der Waals surface area (Å²) in [7, 11) is 0. The molecule has 3 aliphatic rings. The predicted octanol–water partition coefficient (Wildman–Crippen LogP) is 2.57. The molecule has 4 atom stereocenters. The maximum atomic E-state index is 13.1. The summed E-state index contributed by atoms with van der Waals surface area (Å²) in [5.74, 6) is -0.101. The second-order valence-corrected chi connectivity index (χ2v) is 7.28. The standard InChI is InChI=1S/C19H20N2O3/c1-10-17-11(9-16(22)24-10)8-15-18-13(6-7-21(15)19(17)23)12-4-2-3-5-14(12)20-18/h2-5,10-11,15,17,20H,6-9H2,1H3/t10-,11+,15-,17+/m1/s1. The number of nitrogens with one attached hydrogen (secondary N) is 1. The van der Waals surface area contributed by atoms with E-state index in [1.807, 2.05) is 17.9 Å². The average molecular weight is 324 g/mol. The fourth-order valence-electron chi connectivity index (χ4n) is 4.99. The van der Waals surface area contributed by atoms with E-state index < -0.39 is 0 Å². The van der Waals surface area contributed by atoms with Gasteiger partial charge in [0.05, 0.1) is 12.0 Å². The number of benzene rings is 1. The zero-order chi connectivity index (χ0) is 16.4. The van der Waals surface area contributed by atoms with Crippen molar-refractivity contribution < 1.29 is 14.3 Å². The summed E-state index contributed by atoms with van der Waals surface area (Å²) in [5, 5.41) is 1.26. The molecule has 0 bridgehead atoms. The van der Waals surface area contributed by atoms with Gasteiger partial charge in [-0.15, -0.1) is 0 Å². The number of carbonyl (C=O) groups is 2. The third-order valence-corrected chi connectivity index (χ3v) is 6.01. The lowest BCUT2D eigenvalue weighted by molar-refractivity contribution is -0.175. The van der Waals surface area contributed by atoms with Gasteiger partial charge < -0.3 is 14.6 Å². The van der Waals surface area contributed by atoms with Crippen LogP contribution >= 0.6 is 0 Å². The molecule has 1 N–H and O–H groups in total. The zero-order valence-electron chi connectivity index (χ0n) is 13.6. The number of cyclic esters (lactones) is 1. The van der Waals surface area contributed by atoms with Gasteiger partial charge in [-0.3, -0.25) is 9.59 Å². The van der Waals surface area contributed by atoms with Gasteiger partial charge in [0.2, 0.25) is 5.91 Å². The van der Waals surface area contributed by atoms with Gasteiger partial charge in [0.1, 0.15) is 6.10 Å². The van der Waals surface area contributed by atoms with Crippen LogP contribution in [0.15, 0.2) is 24.3 Å². The number of para-hydroxylation sites is 1. The van der Waals surface area contributed by atoms with Gasteiger partial charge in [-0.25, -0.2) is 0 Å². The molecule has 0 unspecified atom stereocenters. The summed E-state index contributed by atoms with van der Waals surface area (Å²) in [4.78, 5) is 30.4. The molecule has 2 saturated heterocycles. The summed E-state index contributed by atoms with van der Waals surface area (Å²) in [5.41, 5.74) is 3.64. The molecule has 4 heterocycles. The number of esters is 1. The van der Waals surface area contributed by atoms with Crippen LogP contribution in [0.2, 0.25) is 0 Å². The SMILES string of the molecule is C[C@H]1OC(=O)C[C@@H]2C[C@@H]3c4[nH]c5ccccc5c4CCN3C(=O)[C@H]21. The van der Waals surface area contributed by atoms with E-state index in [1.165, 1.54) is 16.6 Å². The molecule has 2 aromatic rings. The number of hydrogen-bond donors (Lipinski definition) is 1.